The van der Waals surface area contributed by atoms with Crippen LogP contribution in [0.25, 0.3) is 11.1 Å². The van der Waals surface area contributed by atoms with Crippen LogP contribution in [0.5, 0.6) is 0 Å². The van der Waals surface area contributed by atoms with Crippen LogP contribution in [0.2, 0.25) is 0 Å². The minimum absolute atomic E-state index is 0.0759. The predicted octanol–water partition coefficient (Wildman–Crippen LogP) is 2.78. The third kappa shape index (κ3) is 4.50. The lowest BCUT2D eigenvalue weighted by molar-refractivity contribution is -0.132. The Bertz CT molecular complexity index is 1030. The van der Waals surface area contributed by atoms with Crippen LogP contribution in [0.15, 0.2) is 54.6 Å². The lowest BCUT2D eigenvalue weighted by Crippen LogP contribution is -2.51. The lowest BCUT2D eigenvalue weighted by atomic mass is 10.0. The fourth-order valence-corrected chi connectivity index (χ4v) is 4.58. The third-order valence-corrected chi connectivity index (χ3v) is 6.44. The van der Waals surface area contributed by atoms with E-state index >= 15 is 0 Å². The standard InChI is InChI=1S/C24H26N4O3S/c1-27-23(31)20(28(24(27)32)19-9-5-6-14-25-22(19)30)15-21(29)26-18-12-10-17(11-13-18)16-7-3-2-4-8-16/h2-4,7-8,10-13,19-20H,5-6,9,14-15H2,1H3,(H,25,30)(H,26,29). The van der Waals surface area contributed by atoms with Crippen molar-refractivity contribution in [3.05, 3.63) is 54.6 Å². The van der Waals surface area contributed by atoms with E-state index in [-0.39, 0.29) is 24.1 Å². The van der Waals surface area contributed by atoms with E-state index in [0.717, 1.165) is 24.0 Å². The number of carbonyl (C=O) groups excluding carboxylic acids is 3. The van der Waals surface area contributed by atoms with Gasteiger partial charge in [-0.3, -0.25) is 19.3 Å². The van der Waals surface area contributed by atoms with Crippen LogP contribution in [0.3, 0.4) is 0 Å². The van der Waals surface area contributed by atoms with Gasteiger partial charge in [0.2, 0.25) is 11.8 Å². The van der Waals surface area contributed by atoms with Crippen LogP contribution in [0, 0.1) is 0 Å². The maximum Gasteiger partial charge on any atom is 0.251 e. The maximum atomic E-state index is 12.8. The van der Waals surface area contributed by atoms with Gasteiger partial charge in [-0.25, -0.2) is 0 Å². The molecule has 2 aromatic rings. The summed E-state index contributed by atoms with van der Waals surface area (Å²) in [6.45, 7) is 0.615. The third-order valence-electron chi connectivity index (χ3n) is 5.96. The Labute approximate surface area is 192 Å². The molecule has 2 fully saturated rings. The molecule has 2 aliphatic heterocycles. The number of carbonyl (C=O) groups is 3. The SMILES string of the molecule is CN1C(=O)C(CC(=O)Nc2ccc(-c3ccccc3)cc2)N(C2CCCCNC2=O)C1=S. The Balaban J connectivity index is 1.46. The van der Waals surface area contributed by atoms with E-state index in [2.05, 4.69) is 10.6 Å². The largest absolute Gasteiger partial charge is 0.354 e. The highest BCUT2D eigenvalue weighted by Gasteiger charge is 2.46. The smallest absolute Gasteiger partial charge is 0.251 e. The molecule has 0 bridgehead atoms. The van der Waals surface area contributed by atoms with Crippen molar-refractivity contribution in [2.24, 2.45) is 0 Å². The second-order valence-electron chi connectivity index (χ2n) is 8.10. The number of benzene rings is 2. The summed E-state index contributed by atoms with van der Waals surface area (Å²) in [4.78, 5) is 41.2. The van der Waals surface area contributed by atoms with E-state index in [1.165, 1.54) is 4.90 Å². The first kappa shape index (κ1) is 22.0. The van der Waals surface area contributed by atoms with Gasteiger partial charge in [-0.05, 0) is 54.7 Å². The number of likely N-dealkylation sites (N-methyl/N-ethyl adjacent to an activating group) is 1. The number of rotatable bonds is 5. The molecule has 0 spiro atoms. The van der Waals surface area contributed by atoms with Crippen molar-refractivity contribution < 1.29 is 14.4 Å². The Morgan fingerprint density at radius 1 is 1.06 bits per heavy atom. The topological polar surface area (TPSA) is 81.8 Å². The Kier molecular flexibility index (Phi) is 6.50. The fraction of sp³-hybridized carbons (Fsp3) is 0.333. The molecule has 2 aromatic carbocycles. The zero-order valence-electron chi connectivity index (χ0n) is 17.9. The first-order chi connectivity index (χ1) is 15.5. The molecule has 2 N–H and O–H groups in total. The monoisotopic (exact) mass is 450 g/mol. The van der Waals surface area contributed by atoms with Gasteiger partial charge in [-0.15, -0.1) is 0 Å². The predicted molar refractivity (Wildman–Crippen MR) is 127 cm³/mol. The first-order valence-electron chi connectivity index (χ1n) is 10.8. The number of thiocarbonyl (C=S) groups is 1. The van der Waals surface area contributed by atoms with Gasteiger partial charge in [0.15, 0.2) is 5.11 Å². The molecular weight excluding hydrogens is 424 g/mol. The van der Waals surface area contributed by atoms with Crippen LogP contribution < -0.4 is 10.6 Å². The maximum absolute atomic E-state index is 12.8. The molecule has 2 unspecified atom stereocenters. The van der Waals surface area contributed by atoms with E-state index in [1.54, 1.807) is 11.9 Å². The van der Waals surface area contributed by atoms with Crippen LogP contribution in [0.4, 0.5) is 5.69 Å². The van der Waals surface area contributed by atoms with Crippen molar-refractivity contribution in [1.82, 2.24) is 15.1 Å². The van der Waals surface area contributed by atoms with Crippen LogP contribution in [-0.2, 0) is 14.4 Å². The molecule has 32 heavy (non-hydrogen) atoms. The summed E-state index contributed by atoms with van der Waals surface area (Å²) in [5.41, 5.74) is 2.79. The summed E-state index contributed by atoms with van der Waals surface area (Å²) in [5.74, 6) is -0.704. The van der Waals surface area contributed by atoms with Gasteiger partial charge in [-0.2, -0.15) is 0 Å². The number of hydrogen-bond acceptors (Lipinski definition) is 4. The summed E-state index contributed by atoms with van der Waals surface area (Å²) in [7, 11) is 1.59. The molecule has 0 saturated carbocycles. The zero-order valence-corrected chi connectivity index (χ0v) is 18.7. The summed E-state index contributed by atoms with van der Waals surface area (Å²) in [6, 6.07) is 16.2. The van der Waals surface area contributed by atoms with Crippen molar-refractivity contribution in [3.8, 4) is 11.1 Å². The number of amides is 3. The van der Waals surface area contributed by atoms with Gasteiger partial charge in [0.25, 0.3) is 5.91 Å². The van der Waals surface area contributed by atoms with E-state index in [0.29, 0.717) is 23.8 Å². The van der Waals surface area contributed by atoms with Crippen molar-refractivity contribution in [2.45, 2.75) is 37.8 Å². The molecule has 8 heteroatoms. The minimum Gasteiger partial charge on any atom is -0.354 e. The van der Waals surface area contributed by atoms with Crippen molar-refractivity contribution in [1.29, 1.82) is 0 Å². The fourth-order valence-electron chi connectivity index (χ4n) is 4.23. The van der Waals surface area contributed by atoms with Crippen molar-refractivity contribution in [3.63, 3.8) is 0 Å². The molecule has 2 atom stereocenters. The van der Waals surface area contributed by atoms with E-state index in [9.17, 15) is 14.4 Å². The zero-order chi connectivity index (χ0) is 22.7. The first-order valence-corrected chi connectivity index (χ1v) is 11.2. The molecule has 2 heterocycles. The van der Waals surface area contributed by atoms with Crippen LogP contribution in [-0.4, -0.2) is 58.3 Å². The number of nitrogens with one attached hydrogen (secondary N) is 2. The Morgan fingerprint density at radius 3 is 2.47 bits per heavy atom. The quantitative estimate of drug-likeness (QED) is 0.685. The Morgan fingerprint density at radius 2 is 1.75 bits per heavy atom. The molecule has 2 aliphatic rings. The molecule has 2 saturated heterocycles. The highest BCUT2D eigenvalue weighted by atomic mass is 32.1. The van der Waals surface area contributed by atoms with Gasteiger partial charge >= 0.3 is 0 Å². The molecule has 0 aliphatic carbocycles. The van der Waals surface area contributed by atoms with Gasteiger partial charge in [0.05, 0.1) is 6.42 Å². The van der Waals surface area contributed by atoms with Crippen LogP contribution in [0.1, 0.15) is 25.7 Å². The van der Waals surface area contributed by atoms with Crippen molar-refractivity contribution in [2.75, 3.05) is 18.9 Å². The second-order valence-corrected chi connectivity index (χ2v) is 8.47. The van der Waals surface area contributed by atoms with Crippen molar-refractivity contribution >= 4 is 40.7 Å². The summed E-state index contributed by atoms with van der Waals surface area (Å²) in [5, 5.41) is 6.04. The summed E-state index contributed by atoms with van der Waals surface area (Å²) in [6.07, 6.45) is 2.27. The van der Waals surface area contributed by atoms with E-state index in [1.807, 2.05) is 54.6 Å². The molecular formula is C24H26N4O3S. The molecule has 7 nitrogen and oxygen atoms in total. The van der Waals surface area contributed by atoms with Gasteiger partial charge in [0.1, 0.15) is 12.1 Å². The van der Waals surface area contributed by atoms with E-state index < -0.39 is 12.1 Å². The van der Waals surface area contributed by atoms with Gasteiger partial charge < -0.3 is 15.5 Å². The summed E-state index contributed by atoms with van der Waals surface area (Å²) < 4.78 is 0. The lowest BCUT2D eigenvalue weighted by Gasteiger charge is -2.30. The second kappa shape index (κ2) is 9.48. The summed E-state index contributed by atoms with van der Waals surface area (Å²) >= 11 is 5.46. The molecule has 166 valence electrons. The number of hydrogen-bond donors (Lipinski definition) is 2. The van der Waals surface area contributed by atoms with Crippen LogP contribution >= 0.6 is 12.2 Å². The number of nitrogens with zero attached hydrogens (tertiary/aromatic N) is 2. The highest BCUT2D eigenvalue weighted by molar-refractivity contribution is 7.80. The molecule has 0 radical (unpaired) electrons. The van der Waals surface area contributed by atoms with Gasteiger partial charge in [0, 0.05) is 19.3 Å². The molecule has 4 rings (SSSR count). The van der Waals surface area contributed by atoms with Gasteiger partial charge in [-0.1, -0.05) is 42.5 Å². The normalized spacial score (nSPS) is 21.3. The average molecular weight is 451 g/mol. The van der Waals surface area contributed by atoms with E-state index in [4.69, 9.17) is 12.2 Å². The minimum atomic E-state index is -0.787. The Hall–Kier alpha value is -3.26. The average Bonchev–Trinajstić information content (AvgIpc) is 2.94. The highest BCUT2D eigenvalue weighted by Crippen LogP contribution is 2.27. The molecule has 0 aromatic heterocycles. The molecule has 3 amide bonds. The number of anilines is 1.